The van der Waals surface area contributed by atoms with E-state index in [9.17, 15) is 0 Å². The second-order valence-electron chi connectivity index (χ2n) is 6.64. The first-order valence-corrected chi connectivity index (χ1v) is 9.85. The summed E-state index contributed by atoms with van der Waals surface area (Å²) in [6, 6.07) is 9.91. The van der Waals surface area contributed by atoms with Crippen molar-refractivity contribution in [3.05, 3.63) is 58.1 Å². The SMILES string of the molecule is Cc1c(Cl)cccc1NC(=S)/C=C1\NCCc2cc3c(cc21)OCCCO3. The molecule has 0 radical (unpaired) electrons. The van der Waals surface area contributed by atoms with E-state index in [4.69, 9.17) is 33.3 Å². The molecule has 0 spiro atoms. The molecule has 0 aromatic heterocycles. The molecule has 4 nitrogen and oxygen atoms in total. The summed E-state index contributed by atoms with van der Waals surface area (Å²) in [5, 5.41) is 7.45. The standard InChI is InChI=1S/C21H21ClN2O2S/c1-13-16(22)4-2-5-17(13)24-21(27)12-18-15-11-20-19(25-8-3-9-26-20)10-14(15)6-7-23-18/h2,4-5,10-12,23H,3,6-9H2,1H3,(H,24,27)/b18-12-. The highest BCUT2D eigenvalue weighted by atomic mass is 35.5. The summed E-state index contributed by atoms with van der Waals surface area (Å²) in [7, 11) is 0. The van der Waals surface area contributed by atoms with Crippen LogP contribution in [0.5, 0.6) is 11.5 Å². The number of ether oxygens (including phenoxy) is 2. The largest absolute Gasteiger partial charge is 0.490 e. The average molecular weight is 401 g/mol. The lowest BCUT2D eigenvalue weighted by molar-refractivity contribution is 0.297. The van der Waals surface area contributed by atoms with Crippen molar-refractivity contribution in [3.63, 3.8) is 0 Å². The normalized spacial score (nSPS) is 16.9. The molecule has 2 aromatic carbocycles. The predicted octanol–water partition coefficient (Wildman–Crippen LogP) is 4.74. The number of halogens is 1. The molecule has 2 N–H and O–H groups in total. The fraction of sp³-hybridized carbons (Fsp3) is 0.286. The predicted molar refractivity (Wildman–Crippen MR) is 114 cm³/mol. The van der Waals surface area contributed by atoms with E-state index < -0.39 is 0 Å². The lowest BCUT2D eigenvalue weighted by atomic mass is 9.97. The zero-order valence-corrected chi connectivity index (χ0v) is 16.7. The zero-order chi connectivity index (χ0) is 18.8. The van der Waals surface area contributed by atoms with Crippen molar-refractivity contribution in [2.45, 2.75) is 19.8 Å². The molecule has 6 heteroatoms. The van der Waals surface area contributed by atoms with Gasteiger partial charge in [0.25, 0.3) is 0 Å². The number of thiocarbonyl (C=S) groups is 1. The zero-order valence-electron chi connectivity index (χ0n) is 15.1. The van der Waals surface area contributed by atoms with Gasteiger partial charge in [0.05, 0.1) is 13.2 Å². The van der Waals surface area contributed by atoms with E-state index in [1.165, 1.54) is 5.56 Å². The minimum atomic E-state index is 0.628. The molecule has 2 aliphatic rings. The van der Waals surface area contributed by atoms with Gasteiger partial charge in [-0.05, 0) is 54.8 Å². The number of hydrogen-bond donors (Lipinski definition) is 2. The van der Waals surface area contributed by atoms with Crippen molar-refractivity contribution in [2.24, 2.45) is 0 Å². The summed E-state index contributed by atoms with van der Waals surface area (Å²) in [4.78, 5) is 0.628. The summed E-state index contributed by atoms with van der Waals surface area (Å²) in [5.41, 5.74) is 5.24. The van der Waals surface area contributed by atoms with Crippen molar-refractivity contribution in [2.75, 3.05) is 25.1 Å². The van der Waals surface area contributed by atoms with Crippen LogP contribution in [0.4, 0.5) is 5.69 Å². The van der Waals surface area contributed by atoms with Crippen LogP contribution in [0.25, 0.3) is 5.70 Å². The maximum absolute atomic E-state index is 6.20. The Hall–Kier alpha value is -2.24. The first-order valence-electron chi connectivity index (χ1n) is 9.06. The van der Waals surface area contributed by atoms with Crippen LogP contribution in [0.15, 0.2) is 36.4 Å². The maximum Gasteiger partial charge on any atom is 0.161 e. The van der Waals surface area contributed by atoms with Crippen molar-refractivity contribution < 1.29 is 9.47 Å². The van der Waals surface area contributed by atoms with Gasteiger partial charge in [-0.15, -0.1) is 0 Å². The van der Waals surface area contributed by atoms with Gasteiger partial charge in [0, 0.05) is 34.9 Å². The third-order valence-corrected chi connectivity index (χ3v) is 5.40. The van der Waals surface area contributed by atoms with E-state index >= 15 is 0 Å². The minimum absolute atomic E-state index is 0.628. The third kappa shape index (κ3) is 3.89. The molecule has 4 rings (SSSR count). The third-order valence-electron chi connectivity index (χ3n) is 4.77. The molecule has 0 amide bonds. The Balaban J connectivity index is 1.62. The van der Waals surface area contributed by atoms with Gasteiger partial charge in [-0.2, -0.15) is 0 Å². The quantitative estimate of drug-likeness (QED) is 0.563. The van der Waals surface area contributed by atoms with Crippen molar-refractivity contribution in [3.8, 4) is 11.5 Å². The number of hydrogen-bond acceptors (Lipinski definition) is 4. The van der Waals surface area contributed by atoms with E-state index in [1.54, 1.807) is 0 Å². The van der Waals surface area contributed by atoms with Crippen LogP contribution in [0.3, 0.4) is 0 Å². The Labute approximate surface area is 169 Å². The molecule has 2 aromatic rings. The lowest BCUT2D eigenvalue weighted by Gasteiger charge is -2.23. The molecular weight excluding hydrogens is 380 g/mol. The Morgan fingerprint density at radius 3 is 2.81 bits per heavy atom. The molecule has 0 fully saturated rings. The number of benzene rings is 2. The smallest absolute Gasteiger partial charge is 0.161 e. The number of anilines is 1. The van der Waals surface area contributed by atoms with Crippen molar-refractivity contribution in [1.82, 2.24) is 5.32 Å². The van der Waals surface area contributed by atoms with E-state index in [1.807, 2.05) is 31.2 Å². The highest BCUT2D eigenvalue weighted by Gasteiger charge is 2.20. The van der Waals surface area contributed by atoms with Gasteiger partial charge in [0.1, 0.15) is 4.99 Å². The summed E-state index contributed by atoms with van der Waals surface area (Å²) in [6.45, 7) is 4.20. The molecule has 0 bridgehead atoms. The topological polar surface area (TPSA) is 42.5 Å². The molecule has 140 valence electrons. The van der Waals surface area contributed by atoms with Crippen LogP contribution in [0.2, 0.25) is 5.02 Å². The summed E-state index contributed by atoms with van der Waals surface area (Å²) >= 11 is 11.8. The molecule has 27 heavy (non-hydrogen) atoms. The second-order valence-corrected chi connectivity index (χ2v) is 7.49. The first-order chi connectivity index (χ1) is 13.1. The van der Waals surface area contributed by atoms with E-state index in [2.05, 4.69) is 22.8 Å². The van der Waals surface area contributed by atoms with E-state index in [-0.39, 0.29) is 0 Å². The van der Waals surface area contributed by atoms with Crippen LogP contribution >= 0.6 is 23.8 Å². The van der Waals surface area contributed by atoms with Crippen LogP contribution in [-0.4, -0.2) is 24.7 Å². The van der Waals surface area contributed by atoms with Gasteiger partial charge < -0.3 is 20.1 Å². The van der Waals surface area contributed by atoms with Crippen LogP contribution < -0.4 is 20.1 Å². The summed E-state index contributed by atoms with van der Waals surface area (Å²) in [6.07, 6.45) is 3.79. The highest BCUT2D eigenvalue weighted by molar-refractivity contribution is 7.81. The molecule has 0 atom stereocenters. The van der Waals surface area contributed by atoms with Gasteiger partial charge in [-0.3, -0.25) is 0 Å². The monoisotopic (exact) mass is 400 g/mol. The first kappa shape index (κ1) is 18.1. The van der Waals surface area contributed by atoms with E-state index in [0.717, 1.165) is 58.4 Å². The highest BCUT2D eigenvalue weighted by Crippen LogP contribution is 2.36. The minimum Gasteiger partial charge on any atom is -0.490 e. The Morgan fingerprint density at radius 1 is 1.22 bits per heavy atom. The summed E-state index contributed by atoms with van der Waals surface area (Å²) < 4.78 is 11.7. The van der Waals surface area contributed by atoms with Crippen LogP contribution in [0, 0.1) is 6.92 Å². The molecule has 0 unspecified atom stereocenters. The van der Waals surface area contributed by atoms with Gasteiger partial charge >= 0.3 is 0 Å². The summed E-state index contributed by atoms with van der Waals surface area (Å²) in [5.74, 6) is 1.63. The number of fused-ring (bicyclic) bond motifs is 2. The molecule has 2 heterocycles. The molecule has 2 aliphatic heterocycles. The molecule has 0 saturated heterocycles. The van der Waals surface area contributed by atoms with Gasteiger partial charge in [-0.25, -0.2) is 0 Å². The Bertz CT molecular complexity index is 927. The fourth-order valence-electron chi connectivity index (χ4n) is 3.31. The molecule has 0 aliphatic carbocycles. The van der Waals surface area contributed by atoms with Gasteiger partial charge in [0.2, 0.25) is 0 Å². The molecule has 0 saturated carbocycles. The van der Waals surface area contributed by atoms with Crippen molar-refractivity contribution in [1.29, 1.82) is 0 Å². The van der Waals surface area contributed by atoms with Crippen molar-refractivity contribution >= 4 is 40.2 Å². The number of nitrogens with one attached hydrogen (secondary N) is 2. The van der Waals surface area contributed by atoms with Gasteiger partial charge in [0.15, 0.2) is 11.5 Å². The molecular formula is C21H21ClN2O2S. The van der Waals surface area contributed by atoms with Crippen LogP contribution in [-0.2, 0) is 6.42 Å². The lowest BCUT2D eigenvalue weighted by Crippen LogP contribution is -2.24. The number of rotatable bonds is 2. The maximum atomic E-state index is 6.20. The fourth-order valence-corrected chi connectivity index (χ4v) is 3.71. The second kappa shape index (κ2) is 7.79. The Kier molecular flexibility index (Phi) is 5.23. The van der Waals surface area contributed by atoms with E-state index in [0.29, 0.717) is 18.2 Å². The van der Waals surface area contributed by atoms with Crippen LogP contribution in [0.1, 0.15) is 23.1 Å². The van der Waals surface area contributed by atoms with Gasteiger partial charge in [-0.1, -0.05) is 29.9 Å². The average Bonchev–Trinajstić information content (AvgIpc) is 2.89. The Morgan fingerprint density at radius 2 is 2.00 bits per heavy atom.